The van der Waals surface area contributed by atoms with Crippen LogP contribution in [-0.2, 0) is 0 Å². The van der Waals surface area contributed by atoms with E-state index in [4.69, 9.17) is 0 Å². The van der Waals surface area contributed by atoms with E-state index in [1.165, 1.54) is 44.5 Å². The van der Waals surface area contributed by atoms with E-state index >= 15 is 0 Å². The summed E-state index contributed by atoms with van der Waals surface area (Å²) in [7, 11) is 0. The van der Waals surface area contributed by atoms with Gasteiger partial charge >= 0.3 is 0 Å². The normalized spacial score (nSPS) is 10.8. The summed E-state index contributed by atoms with van der Waals surface area (Å²) < 4.78 is 0. The van der Waals surface area contributed by atoms with Gasteiger partial charge in [0.05, 0.1) is 0 Å². The van der Waals surface area contributed by atoms with Crippen LogP contribution in [-0.4, -0.2) is 0 Å². The first kappa shape index (κ1) is 26.3. The molecule has 0 N–H and O–H groups in total. The highest BCUT2D eigenvalue weighted by Gasteiger charge is 2.18. The Kier molecular flexibility index (Phi) is 7.36. The average Bonchev–Trinajstić information content (AvgIpc) is 3.10. The van der Waals surface area contributed by atoms with Crippen LogP contribution in [0.1, 0.15) is 0 Å². The molecule has 0 aliphatic heterocycles. The van der Waals surface area contributed by atoms with Crippen molar-refractivity contribution in [2.45, 2.75) is 0 Å². The molecule has 0 aliphatic carbocycles. The molecule has 0 bridgehead atoms. The van der Waals surface area contributed by atoms with Crippen LogP contribution in [0.25, 0.3) is 44.5 Å². The van der Waals surface area contributed by atoms with Gasteiger partial charge in [0.25, 0.3) is 0 Å². The maximum atomic E-state index is 2.39. The predicted octanol–water partition coefficient (Wildman–Crippen LogP) is 11.8. The first-order valence-electron chi connectivity index (χ1n) is 14.7. The molecule has 0 radical (unpaired) electrons. The van der Waals surface area contributed by atoms with E-state index in [-0.39, 0.29) is 0 Å². The van der Waals surface area contributed by atoms with E-state index in [0.29, 0.717) is 0 Å². The highest BCUT2D eigenvalue weighted by molar-refractivity contribution is 5.88. The van der Waals surface area contributed by atoms with Crippen LogP contribution in [0.2, 0.25) is 0 Å². The monoisotopic (exact) mass is 549 g/mol. The second-order valence-electron chi connectivity index (χ2n) is 10.7. The summed E-state index contributed by atoms with van der Waals surface area (Å²) in [5, 5.41) is 0. The summed E-state index contributed by atoms with van der Waals surface area (Å²) >= 11 is 0. The zero-order valence-electron chi connectivity index (χ0n) is 23.8. The van der Waals surface area contributed by atoms with Crippen molar-refractivity contribution in [3.05, 3.63) is 188 Å². The van der Waals surface area contributed by atoms with Gasteiger partial charge in [-0.1, -0.05) is 140 Å². The Morgan fingerprint density at radius 3 is 0.744 bits per heavy atom. The Morgan fingerprint density at radius 1 is 0.209 bits per heavy atom. The minimum Gasteiger partial charge on any atom is -0.310 e. The third-order valence-corrected chi connectivity index (χ3v) is 7.79. The molecular weight excluding hydrogens is 518 g/mol. The van der Waals surface area contributed by atoms with Gasteiger partial charge in [-0.15, -0.1) is 0 Å². The summed E-state index contributed by atoms with van der Waals surface area (Å²) in [6.45, 7) is 0. The number of hydrogen-bond donors (Lipinski definition) is 0. The van der Waals surface area contributed by atoms with E-state index in [2.05, 4.69) is 193 Å². The second kappa shape index (κ2) is 12.1. The molecule has 1 heteroatoms. The Labute approximate surface area is 254 Å². The fraction of sp³-hybridized carbons (Fsp3) is 0. The maximum absolute atomic E-state index is 2.39. The van der Waals surface area contributed by atoms with E-state index in [1.54, 1.807) is 0 Å². The van der Waals surface area contributed by atoms with Gasteiger partial charge in [-0.05, 0) is 93.0 Å². The molecule has 7 rings (SSSR count). The van der Waals surface area contributed by atoms with Crippen molar-refractivity contribution in [1.29, 1.82) is 0 Å². The summed E-state index contributed by atoms with van der Waals surface area (Å²) in [6.07, 6.45) is 0. The largest absolute Gasteiger partial charge is 0.310 e. The van der Waals surface area contributed by atoms with Gasteiger partial charge in [-0.2, -0.15) is 0 Å². The molecule has 43 heavy (non-hydrogen) atoms. The van der Waals surface area contributed by atoms with Crippen molar-refractivity contribution >= 4 is 17.1 Å². The topological polar surface area (TPSA) is 3.24 Å². The molecule has 0 unspecified atom stereocenters. The molecule has 0 amide bonds. The molecule has 0 spiro atoms. The van der Waals surface area contributed by atoms with E-state index in [1.807, 2.05) is 0 Å². The molecule has 0 aliphatic rings. The minimum absolute atomic E-state index is 1.11. The lowest BCUT2D eigenvalue weighted by atomic mass is 9.95. The highest BCUT2D eigenvalue weighted by Crippen LogP contribution is 2.42. The smallest absolute Gasteiger partial charge is 0.0473 e. The minimum atomic E-state index is 1.11. The predicted molar refractivity (Wildman–Crippen MR) is 183 cm³/mol. The summed E-state index contributed by atoms with van der Waals surface area (Å²) in [6, 6.07) is 67.1. The lowest BCUT2D eigenvalue weighted by molar-refractivity contribution is 1.28. The zero-order valence-corrected chi connectivity index (χ0v) is 23.8. The van der Waals surface area contributed by atoms with Crippen LogP contribution >= 0.6 is 0 Å². The van der Waals surface area contributed by atoms with Crippen LogP contribution in [0.15, 0.2) is 188 Å². The maximum Gasteiger partial charge on any atom is 0.0473 e. The van der Waals surface area contributed by atoms with Crippen molar-refractivity contribution in [2.75, 3.05) is 4.90 Å². The first-order chi connectivity index (χ1) is 21.3. The number of para-hydroxylation sites is 1. The van der Waals surface area contributed by atoms with E-state index < -0.39 is 0 Å². The number of benzene rings is 7. The molecule has 0 atom stereocenters. The van der Waals surface area contributed by atoms with Crippen LogP contribution in [0.4, 0.5) is 17.1 Å². The number of anilines is 3. The quantitative estimate of drug-likeness (QED) is 0.191. The Bertz CT molecular complexity index is 1690. The average molecular weight is 550 g/mol. The van der Waals surface area contributed by atoms with Crippen LogP contribution < -0.4 is 4.90 Å². The van der Waals surface area contributed by atoms with Gasteiger partial charge in [0.2, 0.25) is 0 Å². The molecule has 204 valence electrons. The lowest BCUT2D eigenvalue weighted by Gasteiger charge is -2.28. The number of rotatable bonds is 7. The highest BCUT2D eigenvalue weighted by atomic mass is 15.1. The third kappa shape index (κ3) is 5.75. The van der Waals surface area contributed by atoms with Crippen molar-refractivity contribution < 1.29 is 0 Å². The molecule has 0 fully saturated rings. The molecule has 7 aromatic carbocycles. The van der Waals surface area contributed by atoms with E-state index in [9.17, 15) is 0 Å². The van der Waals surface area contributed by atoms with Crippen molar-refractivity contribution in [1.82, 2.24) is 0 Å². The van der Waals surface area contributed by atoms with Crippen LogP contribution in [0.3, 0.4) is 0 Å². The molecular formula is C42H31N. The molecule has 0 saturated carbocycles. The Hall–Kier alpha value is -5.66. The van der Waals surface area contributed by atoms with Gasteiger partial charge in [0.15, 0.2) is 0 Å². The van der Waals surface area contributed by atoms with Gasteiger partial charge in [0, 0.05) is 17.1 Å². The Morgan fingerprint density at radius 2 is 0.465 bits per heavy atom. The van der Waals surface area contributed by atoms with Crippen molar-refractivity contribution in [3.8, 4) is 44.5 Å². The summed E-state index contributed by atoms with van der Waals surface area (Å²) in [5.74, 6) is 0. The van der Waals surface area contributed by atoms with E-state index in [0.717, 1.165) is 17.1 Å². The first-order valence-corrected chi connectivity index (χ1v) is 14.7. The SMILES string of the molecule is c1ccc(-c2cc(-c3ccccc3)cc(N(c3ccccc3)c3cc(-c4ccccc4)cc(-c4ccccc4)c3)c2)cc1. The van der Waals surface area contributed by atoms with Crippen LogP contribution in [0.5, 0.6) is 0 Å². The Balaban J connectivity index is 1.49. The fourth-order valence-corrected chi connectivity index (χ4v) is 5.69. The van der Waals surface area contributed by atoms with Gasteiger partial charge in [-0.3, -0.25) is 0 Å². The molecule has 0 aromatic heterocycles. The second-order valence-corrected chi connectivity index (χ2v) is 10.7. The standard InChI is InChI=1S/C42H31N/c1-6-16-32(17-7-1)36-26-37(33-18-8-2-9-19-33)29-41(28-36)43(40-24-14-5-15-25-40)42-30-38(34-20-10-3-11-21-34)27-39(31-42)35-22-12-4-13-23-35/h1-31H. The molecule has 1 nitrogen and oxygen atoms in total. The summed E-state index contributed by atoms with van der Waals surface area (Å²) in [5.41, 5.74) is 12.8. The van der Waals surface area contributed by atoms with Gasteiger partial charge in [0.1, 0.15) is 0 Å². The molecule has 0 saturated heterocycles. The molecule has 7 aromatic rings. The number of hydrogen-bond acceptors (Lipinski definition) is 1. The van der Waals surface area contributed by atoms with Crippen molar-refractivity contribution in [2.24, 2.45) is 0 Å². The van der Waals surface area contributed by atoms with Crippen LogP contribution in [0, 0.1) is 0 Å². The van der Waals surface area contributed by atoms with Gasteiger partial charge in [-0.25, -0.2) is 0 Å². The molecule has 0 heterocycles. The fourth-order valence-electron chi connectivity index (χ4n) is 5.69. The number of nitrogens with zero attached hydrogens (tertiary/aromatic N) is 1. The van der Waals surface area contributed by atoms with Crippen molar-refractivity contribution in [3.63, 3.8) is 0 Å². The third-order valence-electron chi connectivity index (χ3n) is 7.79. The van der Waals surface area contributed by atoms with Gasteiger partial charge < -0.3 is 4.90 Å². The zero-order chi connectivity index (χ0) is 28.8. The lowest BCUT2D eigenvalue weighted by Crippen LogP contribution is -2.10. The summed E-state index contributed by atoms with van der Waals surface area (Å²) in [4.78, 5) is 2.39.